The van der Waals surface area contributed by atoms with Crippen LogP contribution in [-0.4, -0.2) is 54.0 Å². The molecule has 0 aliphatic carbocycles. The molecule has 1 aliphatic rings. The average Bonchev–Trinajstić information content (AvgIpc) is 2.84. The second-order valence-electron chi connectivity index (χ2n) is 7.70. The highest BCUT2D eigenvalue weighted by atomic mass is 35.5. The Kier molecular flexibility index (Phi) is 7.24. The minimum Gasteiger partial charge on any atom is -0.496 e. The second-order valence-corrected chi connectivity index (χ2v) is 8.14. The topological polar surface area (TPSA) is 54.9 Å². The van der Waals surface area contributed by atoms with Crippen LogP contribution >= 0.6 is 11.6 Å². The molecular weight excluding hydrogens is 426 g/mol. The van der Waals surface area contributed by atoms with Gasteiger partial charge in [0.1, 0.15) is 18.1 Å². The van der Waals surface area contributed by atoms with Crippen LogP contribution in [0.2, 0.25) is 5.02 Å². The van der Waals surface area contributed by atoms with Gasteiger partial charge in [0.15, 0.2) is 0 Å². The minimum absolute atomic E-state index is 0.0291. The normalized spacial score (nSPS) is 14.2. The number of rotatable bonds is 7. The van der Waals surface area contributed by atoms with Gasteiger partial charge in [-0.2, -0.15) is 0 Å². The summed E-state index contributed by atoms with van der Waals surface area (Å²) in [5.74, 6) is 1.43. The molecule has 4 rings (SSSR count). The zero-order valence-corrected chi connectivity index (χ0v) is 18.8. The standard InChI is InChI=1S/C25H26ClN3O3/c1-31-24-9-4-20(15-21(24)18-32-23-7-5-22(26)6-8-23)25(30)29-13-11-28(12-14-29)17-19-3-2-10-27-16-19/h2-10,15-16H,11-14,17-18H2,1H3. The number of halogens is 1. The third-order valence-electron chi connectivity index (χ3n) is 5.52. The van der Waals surface area contributed by atoms with Crippen LogP contribution < -0.4 is 9.47 Å². The quantitative estimate of drug-likeness (QED) is 0.536. The fourth-order valence-electron chi connectivity index (χ4n) is 3.76. The summed E-state index contributed by atoms with van der Waals surface area (Å²) in [6.45, 7) is 4.21. The van der Waals surface area contributed by atoms with Crippen molar-refractivity contribution in [3.63, 3.8) is 0 Å². The highest BCUT2D eigenvalue weighted by Crippen LogP contribution is 2.24. The molecule has 6 nitrogen and oxygen atoms in total. The van der Waals surface area contributed by atoms with E-state index in [-0.39, 0.29) is 5.91 Å². The maximum Gasteiger partial charge on any atom is 0.253 e. The summed E-state index contributed by atoms with van der Waals surface area (Å²) in [4.78, 5) is 21.6. The number of hydrogen-bond acceptors (Lipinski definition) is 5. The Labute approximate surface area is 193 Å². The Morgan fingerprint density at radius 1 is 1.06 bits per heavy atom. The van der Waals surface area contributed by atoms with E-state index in [2.05, 4.69) is 16.0 Å². The van der Waals surface area contributed by atoms with Crippen molar-refractivity contribution in [3.05, 3.63) is 88.7 Å². The molecule has 2 aromatic carbocycles. The number of aromatic nitrogens is 1. The minimum atomic E-state index is 0.0291. The summed E-state index contributed by atoms with van der Waals surface area (Å²) < 4.78 is 11.3. The van der Waals surface area contributed by atoms with E-state index >= 15 is 0 Å². The van der Waals surface area contributed by atoms with Crippen molar-refractivity contribution in [2.45, 2.75) is 13.2 Å². The zero-order chi connectivity index (χ0) is 22.3. The zero-order valence-electron chi connectivity index (χ0n) is 18.0. The van der Waals surface area contributed by atoms with E-state index in [4.69, 9.17) is 21.1 Å². The summed E-state index contributed by atoms with van der Waals surface area (Å²) >= 11 is 5.93. The van der Waals surface area contributed by atoms with Gasteiger partial charge in [-0.3, -0.25) is 14.7 Å². The van der Waals surface area contributed by atoms with Crippen LogP contribution in [0.1, 0.15) is 21.5 Å². The van der Waals surface area contributed by atoms with Crippen molar-refractivity contribution >= 4 is 17.5 Å². The summed E-state index contributed by atoms with van der Waals surface area (Å²) in [7, 11) is 1.62. The summed E-state index contributed by atoms with van der Waals surface area (Å²) in [6, 6.07) is 16.7. The van der Waals surface area contributed by atoms with Crippen molar-refractivity contribution in [1.29, 1.82) is 0 Å². The van der Waals surface area contributed by atoms with Gasteiger partial charge < -0.3 is 14.4 Å². The number of ether oxygens (including phenoxy) is 2. The van der Waals surface area contributed by atoms with Gasteiger partial charge in [0, 0.05) is 61.3 Å². The Hall–Kier alpha value is -3.09. The summed E-state index contributed by atoms with van der Waals surface area (Å²) in [6.07, 6.45) is 3.67. The van der Waals surface area contributed by atoms with E-state index in [0.29, 0.717) is 41.8 Å². The van der Waals surface area contributed by atoms with Gasteiger partial charge >= 0.3 is 0 Å². The molecule has 32 heavy (non-hydrogen) atoms. The number of benzene rings is 2. The van der Waals surface area contributed by atoms with E-state index < -0.39 is 0 Å². The maximum atomic E-state index is 13.1. The molecule has 0 N–H and O–H groups in total. The van der Waals surface area contributed by atoms with E-state index in [1.807, 2.05) is 47.5 Å². The molecule has 3 aromatic rings. The van der Waals surface area contributed by atoms with Gasteiger partial charge in [-0.25, -0.2) is 0 Å². The number of nitrogens with zero attached hydrogens (tertiary/aromatic N) is 3. The van der Waals surface area contributed by atoms with E-state index in [1.54, 1.807) is 25.4 Å². The van der Waals surface area contributed by atoms with Crippen LogP contribution in [0.3, 0.4) is 0 Å². The molecule has 1 aliphatic heterocycles. The van der Waals surface area contributed by atoms with Gasteiger partial charge in [-0.05, 0) is 54.1 Å². The van der Waals surface area contributed by atoms with Crippen LogP contribution in [0, 0.1) is 0 Å². The molecule has 0 bridgehead atoms. The smallest absolute Gasteiger partial charge is 0.253 e. The Morgan fingerprint density at radius 3 is 2.53 bits per heavy atom. The van der Waals surface area contributed by atoms with Crippen LogP contribution in [-0.2, 0) is 13.2 Å². The Balaban J connectivity index is 1.38. The van der Waals surface area contributed by atoms with Crippen LogP contribution in [0.4, 0.5) is 0 Å². The highest BCUT2D eigenvalue weighted by Gasteiger charge is 2.23. The van der Waals surface area contributed by atoms with E-state index in [0.717, 1.165) is 25.2 Å². The number of carbonyl (C=O) groups excluding carboxylic acids is 1. The molecule has 0 saturated carbocycles. The van der Waals surface area contributed by atoms with Crippen molar-refractivity contribution in [1.82, 2.24) is 14.8 Å². The van der Waals surface area contributed by atoms with Crippen LogP contribution in [0.5, 0.6) is 11.5 Å². The van der Waals surface area contributed by atoms with Crippen LogP contribution in [0.15, 0.2) is 67.0 Å². The summed E-state index contributed by atoms with van der Waals surface area (Å²) in [5, 5.41) is 0.656. The monoisotopic (exact) mass is 451 g/mol. The Bertz CT molecular complexity index is 1040. The predicted molar refractivity (Wildman–Crippen MR) is 124 cm³/mol. The maximum absolute atomic E-state index is 13.1. The third kappa shape index (κ3) is 5.58. The SMILES string of the molecule is COc1ccc(C(=O)N2CCN(Cc3cccnc3)CC2)cc1COc1ccc(Cl)cc1. The molecule has 7 heteroatoms. The van der Waals surface area contributed by atoms with Crippen LogP contribution in [0.25, 0.3) is 0 Å². The number of amides is 1. The molecule has 1 fully saturated rings. The Morgan fingerprint density at radius 2 is 1.84 bits per heavy atom. The molecule has 0 radical (unpaired) electrons. The first-order valence-corrected chi connectivity index (χ1v) is 11.0. The molecule has 0 unspecified atom stereocenters. The van der Waals surface area contributed by atoms with Crippen molar-refractivity contribution in [2.75, 3.05) is 33.3 Å². The number of hydrogen-bond donors (Lipinski definition) is 0. The lowest BCUT2D eigenvalue weighted by Gasteiger charge is -2.34. The molecule has 1 saturated heterocycles. The molecule has 2 heterocycles. The fraction of sp³-hybridized carbons (Fsp3) is 0.280. The molecule has 166 valence electrons. The number of piperazine rings is 1. The van der Waals surface area contributed by atoms with Crippen molar-refractivity contribution in [2.24, 2.45) is 0 Å². The molecule has 0 atom stereocenters. The first-order valence-electron chi connectivity index (χ1n) is 10.6. The molecular formula is C25H26ClN3O3. The lowest BCUT2D eigenvalue weighted by molar-refractivity contribution is 0.0628. The van der Waals surface area contributed by atoms with Gasteiger partial charge in [-0.15, -0.1) is 0 Å². The van der Waals surface area contributed by atoms with E-state index in [9.17, 15) is 4.79 Å². The number of pyridine rings is 1. The van der Waals surface area contributed by atoms with Gasteiger partial charge in [0.05, 0.1) is 7.11 Å². The summed E-state index contributed by atoms with van der Waals surface area (Å²) in [5.41, 5.74) is 2.65. The van der Waals surface area contributed by atoms with Gasteiger partial charge in [-0.1, -0.05) is 17.7 Å². The first kappa shape index (κ1) is 22.1. The number of carbonyl (C=O) groups is 1. The first-order chi connectivity index (χ1) is 15.6. The van der Waals surface area contributed by atoms with Crippen molar-refractivity contribution < 1.29 is 14.3 Å². The number of methoxy groups -OCH3 is 1. The lowest BCUT2D eigenvalue weighted by atomic mass is 10.1. The molecule has 0 spiro atoms. The lowest BCUT2D eigenvalue weighted by Crippen LogP contribution is -2.48. The van der Waals surface area contributed by atoms with E-state index in [1.165, 1.54) is 5.56 Å². The van der Waals surface area contributed by atoms with Gasteiger partial charge in [0.25, 0.3) is 5.91 Å². The fourth-order valence-corrected chi connectivity index (χ4v) is 3.88. The molecule has 1 amide bonds. The van der Waals surface area contributed by atoms with Crippen molar-refractivity contribution in [3.8, 4) is 11.5 Å². The predicted octanol–water partition coefficient (Wildman–Crippen LogP) is 4.28. The third-order valence-corrected chi connectivity index (χ3v) is 5.78. The highest BCUT2D eigenvalue weighted by molar-refractivity contribution is 6.30. The average molecular weight is 452 g/mol. The second kappa shape index (κ2) is 10.5. The molecule has 1 aromatic heterocycles. The van der Waals surface area contributed by atoms with Gasteiger partial charge in [0.2, 0.25) is 0 Å². The largest absolute Gasteiger partial charge is 0.496 e.